The van der Waals surface area contributed by atoms with Gasteiger partial charge in [-0.25, -0.2) is 0 Å². The van der Waals surface area contributed by atoms with Gasteiger partial charge < -0.3 is 9.84 Å². The predicted octanol–water partition coefficient (Wildman–Crippen LogP) is 5.68. The number of phenolic OH excluding ortho intramolecular Hbond substituents is 1. The minimum absolute atomic E-state index is 0. The molecule has 0 saturated carbocycles. The number of ether oxygens (including phenoxy) is 1. The normalized spacial score (nSPS) is 10.6. The maximum absolute atomic E-state index is 12.4. The molecule has 7 heteroatoms. The number of rotatable bonds is 5. The summed E-state index contributed by atoms with van der Waals surface area (Å²) in [5, 5.41) is 12.2. The van der Waals surface area contributed by atoms with Crippen molar-refractivity contribution in [2.75, 3.05) is 7.11 Å². The number of benzene rings is 2. The van der Waals surface area contributed by atoms with Crippen LogP contribution in [0.15, 0.2) is 53.9 Å². The molecule has 1 N–H and O–H groups in total. The molecule has 27 heavy (non-hydrogen) atoms. The van der Waals surface area contributed by atoms with E-state index in [0.717, 1.165) is 16.0 Å². The van der Waals surface area contributed by atoms with Crippen LogP contribution in [0, 0.1) is 0 Å². The number of aromatic hydroxyl groups is 1. The van der Waals surface area contributed by atoms with Crippen molar-refractivity contribution in [3.63, 3.8) is 0 Å². The van der Waals surface area contributed by atoms with Gasteiger partial charge in [0.15, 0.2) is 5.78 Å². The number of methoxy groups -OCH3 is 1. The molecule has 0 saturated heterocycles. The van der Waals surface area contributed by atoms with Crippen LogP contribution < -0.4 is 4.74 Å². The van der Waals surface area contributed by atoms with E-state index in [0.29, 0.717) is 5.75 Å². The number of halogens is 2. The molecule has 0 atom stereocenters. The average molecular weight is 429 g/mol. The minimum atomic E-state index is -0.385. The molecule has 3 nitrogen and oxygen atoms in total. The SMILES string of the molecule is COc1ccc(-c2cccs2)cc1/C=C/C(=O)c1ccc(Cl)c(Cl)c1O.[NaH]. The zero-order valence-corrected chi connectivity index (χ0v) is 16.0. The van der Waals surface area contributed by atoms with Crippen LogP contribution in [0.1, 0.15) is 15.9 Å². The molecule has 1 aromatic heterocycles. The van der Waals surface area contributed by atoms with Crippen LogP contribution in [0.5, 0.6) is 11.5 Å². The third-order valence-corrected chi connectivity index (χ3v) is 5.50. The van der Waals surface area contributed by atoms with Gasteiger partial charge in [0, 0.05) is 10.4 Å². The second-order valence-electron chi connectivity index (χ2n) is 5.39. The topological polar surface area (TPSA) is 46.5 Å². The zero-order chi connectivity index (χ0) is 18.7. The Hall–Kier alpha value is -1.27. The summed E-state index contributed by atoms with van der Waals surface area (Å²) in [5.74, 6) is -0.0644. The van der Waals surface area contributed by atoms with Crippen LogP contribution in [0.25, 0.3) is 16.5 Å². The molecule has 0 aliphatic carbocycles. The molecule has 3 aromatic rings. The van der Waals surface area contributed by atoms with Gasteiger partial charge in [0.2, 0.25) is 0 Å². The van der Waals surface area contributed by atoms with Gasteiger partial charge in [-0.2, -0.15) is 0 Å². The average Bonchev–Trinajstić information content (AvgIpc) is 3.19. The standard InChI is InChI=1S/C20H14Cl2O3S.Na.H/c1-25-17-9-5-13(18-3-2-10-26-18)11-12(17)4-8-16(23)14-6-7-15(21)19(22)20(14)24;;/h2-11,24H,1H3;;/b8-4+;;. The van der Waals surface area contributed by atoms with Gasteiger partial charge in [-0.15, -0.1) is 11.3 Å². The number of ketones is 1. The fourth-order valence-electron chi connectivity index (χ4n) is 2.45. The molecular weight excluding hydrogens is 414 g/mol. The van der Waals surface area contributed by atoms with E-state index in [1.165, 1.54) is 18.2 Å². The van der Waals surface area contributed by atoms with E-state index in [9.17, 15) is 9.90 Å². The molecule has 0 aliphatic heterocycles. The Balaban J connectivity index is 0.00000261. The van der Waals surface area contributed by atoms with E-state index in [2.05, 4.69) is 0 Å². The van der Waals surface area contributed by atoms with Crippen molar-refractivity contribution in [2.24, 2.45) is 0 Å². The molecule has 0 amide bonds. The first-order valence-electron chi connectivity index (χ1n) is 7.62. The molecule has 0 bridgehead atoms. The summed E-state index contributed by atoms with van der Waals surface area (Å²) in [6, 6.07) is 12.7. The molecule has 0 fully saturated rings. The van der Waals surface area contributed by atoms with E-state index in [1.807, 2.05) is 35.7 Å². The van der Waals surface area contributed by atoms with Crippen molar-refractivity contribution in [3.8, 4) is 21.9 Å². The Morgan fingerprint density at radius 2 is 1.96 bits per heavy atom. The first kappa shape index (κ1) is 22.0. The fourth-order valence-corrected chi connectivity index (χ4v) is 3.50. The predicted molar refractivity (Wildman–Crippen MR) is 115 cm³/mol. The second-order valence-corrected chi connectivity index (χ2v) is 7.12. The first-order valence-corrected chi connectivity index (χ1v) is 9.26. The van der Waals surface area contributed by atoms with Gasteiger partial charge in [-0.3, -0.25) is 4.79 Å². The van der Waals surface area contributed by atoms with E-state index in [1.54, 1.807) is 24.5 Å². The number of carbonyl (C=O) groups excluding carboxylic acids is 1. The van der Waals surface area contributed by atoms with Crippen LogP contribution in [0.2, 0.25) is 10.0 Å². The summed E-state index contributed by atoms with van der Waals surface area (Å²) in [6.45, 7) is 0. The number of phenols is 1. The molecule has 0 aliphatic rings. The molecule has 0 spiro atoms. The number of thiophene rings is 1. The van der Waals surface area contributed by atoms with Crippen molar-refractivity contribution in [1.82, 2.24) is 0 Å². The molecule has 0 unspecified atom stereocenters. The fraction of sp³-hybridized carbons (Fsp3) is 0.0500. The number of carbonyl (C=O) groups is 1. The Morgan fingerprint density at radius 3 is 2.63 bits per heavy atom. The molecule has 2 aromatic carbocycles. The summed E-state index contributed by atoms with van der Waals surface area (Å²) in [4.78, 5) is 13.5. The van der Waals surface area contributed by atoms with Crippen LogP contribution in [0.4, 0.5) is 0 Å². The van der Waals surface area contributed by atoms with Gasteiger partial charge in [-0.1, -0.05) is 29.3 Å². The van der Waals surface area contributed by atoms with Crippen LogP contribution in [-0.4, -0.2) is 47.6 Å². The Kier molecular flexibility index (Phi) is 7.98. The Labute approximate surface area is 193 Å². The van der Waals surface area contributed by atoms with Crippen molar-refractivity contribution in [2.45, 2.75) is 0 Å². The van der Waals surface area contributed by atoms with Gasteiger partial charge in [0.05, 0.1) is 17.7 Å². The van der Waals surface area contributed by atoms with Crippen molar-refractivity contribution >= 4 is 76.0 Å². The van der Waals surface area contributed by atoms with Crippen LogP contribution >= 0.6 is 34.5 Å². The summed E-state index contributed by atoms with van der Waals surface area (Å²) in [5.41, 5.74) is 1.88. The van der Waals surface area contributed by atoms with Crippen LogP contribution in [0.3, 0.4) is 0 Å². The molecule has 1 heterocycles. The summed E-state index contributed by atoms with van der Waals surface area (Å²) in [6.07, 6.45) is 3.02. The Morgan fingerprint density at radius 1 is 1.19 bits per heavy atom. The summed E-state index contributed by atoms with van der Waals surface area (Å²) >= 11 is 13.4. The maximum atomic E-state index is 12.4. The first-order chi connectivity index (χ1) is 12.5. The number of hydrogen-bond acceptors (Lipinski definition) is 4. The molecular formula is C20H15Cl2NaO3S. The second kappa shape index (κ2) is 9.78. The third-order valence-electron chi connectivity index (χ3n) is 3.78. The number of hydrogen-bond donors (Lipinski definition) is 1. The molecule has 3 rings (SSSR count). The van der Waals surface area contributed by atoms with Gasteiger partial charge in [-0.05, 0) is 59.5 Å². The van der Waals surface area contributed by atoms with Crippen LogP contribution in [-0.2, 0) is 0 Å². The van der Waals surface area contributed by atoms with Gasteiger partial charge in [0.1, 0.15) is 16.5 Å². The summed E-state index contributed by atoms with van der Waals surface area (Å²) < 4.78 is 5.37. The zero-order valence-electron chi connectivity index (χ0n) is 13.7. The summed E-state index contributed by atoms with van der Waals surface area (Å²) in [7, 11) is 1.57. The van der Waals surface area contributed by atoms with E-state index in [-0.39, 0.29) is 56.7 Å². The third kappa shape index (κ3) is 4.96. The Bertz CT molecular complexity index is 985. The van der Waals surface area contributed by atoms with Gasteiger partial charge >= 0.3 is 29.6 Å². The van der Waals surface area contributed by atoms with Crippen molar-refractivity contribution in [1.29, 1.82) is 0 Å². The quantitative estimate of drug-likeness (QED) is 0.322. The van der Waals surface area contributed by atoms with E-state index < -0.39 is 0 Å². The number of allylic oxidation sites excluding steroid dienone is 1. The van der Waals surface area contributed by atoms with Crippen molar-refractivity contribution in [3.05, 3.63) is 75.1 Å². The van der Waals surface area contributed by atoms with E-state index in [4.69, 9.17) is 27.9 Å². The van der Waals surface area contributed by atoms with Crippen molar-refractivity contribution < 1.29 is 14.6 Å². The molecule has 0 radical (unpaired) electrons. The van der Waals surface area contributed by atoms with E-state index >= 15 is 0 Å². The van der Waals surface area contributed by atoms with Gasteiger partial charge in [0.25, 0.3) is 0 Å². The molecule has 134 valence electrons. The monoisotopic (exact) mass is 428 g/mol.